The number of hydrogen-bond donors (Lipinski definition) is 2. The number of halogens is 2. The van der Waals surface area contributed by atoms with Crippen molar-refractivity contribution in [3.63, 3.8) is 0 Å². The summed E-state index contributed by atoms with van der Waals surface area (Å²) in [6.45, 7) is -0.445. The van der Waals surface area contributed by atoms with Crippen molar-refractivity contribution >= 4 is 40.6 Å². The number of nitrogens with one attached hydrogen (secondary N) is 1. The lowest BCUT2D eigenvalue weighted by Gasteiger charge is -2.15. The molecule has 2 N–H and O–H groups in total. The SMILES string of the molecule is O=C(Cc1cc(Cl)cc(CO)c1C(=O)Nc1ccc(-n2ccccc2=O)cc1)c1ccc(Cl)cn1. The highest BCUT2D eigenvalue weighted by Crippen LogP contribution is 2.25. The smallest absolute Gasteiger partial charge is 0.256 e. The number of carbonyl (C=O) groups is 2. The number of aliphatic hydroxyl groups excluding tert-OH is 1. The number of amides is 1. The number of pyridine rings is 2. The molecule has 0 atom stereocenters. The van der Waals surface area contributed by atoms with E-state index in [1.807, 2.05) is 0 Å². The molecule has 2 aromatic heterocycles. The summed E-state index contributed by atoms with van der Waals surface area (Å²) in [5.74, 6) is -0.846. The van der Waals surface area contributed by atoms with Gasteiger partial charge in [-0.15, -0.1) is 0 Å². The molecule has 4 rings (SSSR count). The third-order valence-electron chi connectivity index (χ3n) is 5.25. The Bertz CT molecular complexity index is 1450. The number of aromatic nitrogens is 2. The van der Waals surface area contributed by atoms with Gasteiger partial charge in [0, 0.05) is 46.8 Å². The van der Waals surface area contributed by atoms with Crippen molar-refractivity contribution in [1.82, 2.24) is 9.55 Å². The number of hydrogen-bond acceptors (Lipinski definition) is 5. The monoisotopic (exact) mass is 507 g/mol. The third kappa shape index (κ3) is 5.66. The second-order valence-electron chi connectivity index (χ2n) is 7.63. The van der Waals surface area contributed by atoms with Crippen LogP contribution in [-0.4, -0.2) is 26.3 Å². The fourth-order valence-electron chi connectivity index (χ4n) is 3.62. The van der Waals surface area contributed by atoms with E-state index in [1.165, 1.54) is 35.0 Å². The summed E-state index contributed by atoms with van der Waals surface area (Å²) in [5.41, 5.74) is 1.92. The highest BCUT2D eigenvalue weighted by Gasteiger charge is 2.21. The first-order chi connectivity index (χ1) is 16.9. The predicted octanol–water partition coefficient (Wildman–Crippen LogP) is 4.71. The minimum absolute atomic E-state index is 0.152. The van der Waals surface area contributed by atoms with E-state index in [4.69, 9.17) is 23.2 Å². The summed E-state index contributed by atoms with van der Waals surface area (Å²) >= 11 is 12.0. The molecule has 35 heavy (non-hydrogen) atoms. The van der Waals surface area contributed by atoms with Gasteiger partial charge in [-0.3, -0.25) is 23.9 Å². The largest absolute Gasteiger partial charge is 0.392 e. The lowest BCUT2D eigenvalue weighted by atomic mass is 9.95. The number of carbonyl (C=O) groups excluding carboxylic acids is 2. The molecule has 0 saturated carbocycles. The van der Waals surface area contributed by atoms with Crippen LogP contribution in [0.5, 0.6) is 0 Å². The van der Waals surface area contributed by atoms with Gasteiger partial charge in [-0.2, -0.15) is 0 Å². The van der Waals surface area contributed by atoms with Crippen LogP contribution in [-0.2, 0) is 13.0 Å². The van der Waals surface area contributed by atoms with Crippen LogP contribution in [0.1, 0.15) is 32.0 Å². The van der Waals surface area contributed by atoms with Gasteiger partial charge in [0.1, 0.15) is 5.69 Å². The number of nitrogens with zero attached hydrogens (tertiary/aromatic N) is 2. The molecule has 7 nitrogen and oxygen atoms in total. The van der Waals surface area contributed by atoms with Gasteiger partial charge in [-0.05, 0) is 65.7 Å². The number of benzene rings is 2. The molecule has 0 aliphatic rings. The topological polar surface area (TPSA) is 101 Å². The summed E-state index contributed by atoms with van der Waals surface area (Å²) in [4.78, 5) is 42.1. The first-order valence-electron chi connectivity index (χ1n) is 10.5. The molecule has 0 fully saturated rings. The second kappa shape index (κ2) is 10.7. The summed E-state index contributed by atoms with van der Waals surface area (Å²) in [7, 11) is 0. The molecule has 0 unspecified atom stereocenters. The van der Waals surface area contributed by atoms with E-state index in [1.54, 1.807) is 48.7 Å². The van der Waals surface area contributed by atoms with Crippen molar-refractivity contribution in [2.75, 3.05) is 5.32 Å². The van der Waals surface area contributed by atoms with Crippen molar-refractivity contribution < 1.29 is 14.7 Å². The van der Waals surface area contributed by atoms with E-state index in [-0.39, 0.29) is 39.6 Å². The summed E-state index contributed by atoms with van der Waals surface area (Å²) < 4.78 is 1.48. The molecule has 0 saturated heterocycles. The molecule has 0 bridgehead atoms. The number of anilines is 1. The van der Waals surface area contributed by atoms with Crippen LogP contribution >= 0.6 is 23.2 Å². The van der Waals surface area contributed by atoms with Crippen molar-refractivity contribution in [2.45, 2.75) is 13.0 Å². The quantitative estimate of drug-likeness (QED) is 0.352. The molecule has 0 aliphatic carbocycles. The van der Waals surface area contributed by atoms with Gasteiger partial charge in [0.2, 0.25) is 0 Å². The number of Topliss-reactive ketones (excluding diaryl/α,β-unsaturated/α-hetero) is 1. The van der Waals surface area contributed by atoms with Gasteiger partial charge < -0.3 is 10.4 Å². The molecule has 9 heteroatoms. The average molecular weight is 508 g/mol. The molecular formula is C26H19Cl2N3O4. The van der Waals surface area contributed by atoms with Crippen molar-refractivity contribution in [3.8, 4) is 5.69 Å². The predicted molar refractivity (Wildman–Crippen MR) is 135 cm³/mol. The molecule has 0 aliphatic heterocycles. The maximum Gasteiger partial charge on any atom is 0.256 e. The molecule has 4 aromatic rings. The Balaban J connectivity index is 1.61. The molecule has 176 valence electrons. The maximum atomic E-state index is 13.2. The molecular weight excluding hydrogens is 489 g/mol. The highest BCUT2D eigenvalue weighted by atomic mass is 35.5. The van der Waals surface area contributed by atoms with Gasteiger partial charge in [0.15, 0.2) is 5.78 Å². The summed E-state index contributed by atoms with van der Waals surface area (Å²) in [6, 6.07) is 17.6. The molecule has 2 heterocycles. The van der Waals surface area contributed by atoms with Gasteiger partial charge in [-0.25, -0.2) is 0 Å². The van der Waals surface area contributed by atoms with Crippen molar-refractivity contribution in [2.24, 2.45) is 0 Å². The van der Waals surface area contributed by atoms with Crippen LogP contribution in [0, 0.1) is 0 Å². The Hall–Kier alpha value is -3.78. The van der Waals surface area contributed by atoms with Crippen LogP contribution in [0.25, 0.3) is 5.69 Å². The minimum atomic E-state index is -0.512. The van der Waals surface area contributed by atoms with E-state index in [0.717, 1.165) is 0 Å². The van der Waals surface area contributed by atoms with E-state index in [0.29, 0.717) is 22.0 Å². The highest BCUT2D eigenvalue weighted by molar-refractivity contribution is 6.31. The number of ketones is 1. The molecule has 0 radical (unpaired) electrons. The Morgan fingerprint density at radius 1 is 0.943 bits per heavy atom. The van der Waals surface area contributed by atoms with E-state index in [9.17, 15) is 19.5 Å². The number of rotatable bonds is 7. The standard InChI is InChI=1S/C26H19Cl2N3O4/c27-18-4-9-22(29-14-18)23(33)13-16-11-19(28)12-17(15-32)25(16)26(35)30-20-5-7-21(8-6-20)31-10-2-1-3-24(31)34/h1-12,14,32H,13,15H2,(H,30,35). The molecule has 1 amide bonds. The zero-order valence-electron chi connectivity index (χ0n) is 18.2. The van der Waals surface area contributed by atoms with Crippen LogP contribution in [0.4, 0.5) is 5.69 Å². The summed E-state index contributed by atoms with van der Waals surface area (Å²) in [5, 5.41) is 13.3. The van der Waals surface area contributed by atoms with Gasteiger partial charge in [-0.1, -0.05) is 29.3 Å². The average Bonchev–Trinajstić information content (AvgIpc) is 2.84. The van der Waals surface area contributed by atoms with Gasteiger partial charge >= 0.3 is 0 Å². The first kappa shape index (κ1) is 24.3. The normalized spacial score (nSPS) is 10.7. The van der Waals surface area contributed by atoms with Crippen molar-refractivity contribution in [1.29, 1.82) is 0 Å². The lowest BCUT2D eigenvalue weighted by Crippen LogP contribution is -2.19. The van der Waals surface area contributed by atoms with Crippen LogP contribution in [0.2, 0.25) is 10.0 Å². The van der Waals surface area contributed by atoms with E-state index < -0.39 is 12.5 Å². The number of aliphatic hydroxyl groups is 1. The first-order valence-corrected chi connectivity index (χ1v) is 11.3. The Morgan fingerprint density at radius 2 is 1.69 bits per heavy atom. The lowest BCUT2D eigenvalue weighted by molar-refractivity contribution is 0.0987. The van der Waals surface area contributed by atoms with Gasteiger partial charge in [0.05, 0.1) is 11.6 Å². The maximum absolute atomic E-state index is 13.2. The Kier molecular flexibility index (Phi) is 7.41. The Labute approximate surface area is 210 Å². The van der Waals surface area contributed by atoms with E-state index in [2.05, 4.69) is 10.3 Å². The Morgan fingerprint density at radius 3 is 2.34 bits per heavy atom. The van der Waals surface area contributed by atoms with Crippen LogP contribution in [0.15, 0.2) is 83.9 Å². The summed E-state index contributed by atoms with van der Waals surface area (Å²) in [6.07, 6.45) is 2.86. The fourth-order valence-corrected chi connectivity index (χ4v) is 4.00. The molecule has 0 spiro atoms. The third-order valence-corrected chi connectivity index (χ3v) is 5.70. The van der Waals surface area contributed by atoms with Crippen LogP contribution < -0.4 is 10.9 Å². The minimum Gasteiger partial charge on any atom is -0.392 e. The second-order valence-corrected chi connectivity index (χ2v) is 8.50. The molecule has 2 aromatic carbocycles. The van der Waals surface area contributed by atoms with Gasteiger partial charge in [0.25, 0.3) is 11.5 Å². The fraction of sp³-hybridized carbons (Fsp3) is 0.0769. The van der Waals surface area contributed by atoms with Crippen molar-refractivity contribution in [3.05, 3.63) is 122 Å². The van der Waals surface area contributed by atoms with Crippen LogP contribution in [0.3, 0.4) is 0 Å². The zero-order valence-corrected chi connectivity index (χ0v) is 19.8. The van der Waals surface area contributed by atoms with E-state index >= 15 is 0 Å². The zero-order chi connectivity index (χ0) is 24.9.